The monoisotopic (exact) mass is 359 g/mol. The Kier molecular flexibility index (Phi) is 5.11. The minimum absolute atomic E-state index is 0.324. The molecule has 0 amide bonds. The third-order valence-corrected chi connectivity index (χ3v) is 4.16. The molecule has 0 bridgehead atoms. The van der Waals surface area contributed by atoms with Crippen LogP contribution in [0.2, 0.25) is 10.0 Å². The minimum atomic E-state index is 0.324. The van der Waals surface area contributed by atoms with Gasteiger partial charge in [0.15, 0.2) is 0 Å². The molecule has 2 aromatic rings. The highest BCUT2D eigenvalue weighted by atomic mass is 79.9. The Labute approximate surface area is 130 Å². The van der Waals surface area contributed by atoms with E-state index < -0.39 is 0 Å². The van der Waals surface area contributed by atoms with Crippen molar-refractivity contribution in [3.05, 3.63) is 62.0 Å². The Balaban J connectivity index is 2.15. The normalized spacial score (nSPS) is 10.5. The van der Waals surface area contributed by atoms with E-state index >= 15 is 0 Å². The van der Waals surface area contributed by atoms with Crippen molar-refractivity contribution >= 4 is 39.1 Å². The van der Waals surface area contributed by atoms with Gasteiger partial charge < -0.3 is 10.5 Å². The summed E-state index contributed by atoms with van der Waals surface area (Å²) < 4.78 is 6.68. The van der Waals surface area contributed by atoms with Gasteiger partial charge >= 0.3 is 0 Å². The Morgan fingerprint density at radius 2 is 1.79 bits per heavy atom. The van der Waals surface area contributed by atoms with Gasteiger partial charge in [-0.3, -0.25) is 0 Å². The minimum Gasteiger partial charge on any atom is -0.489 e. The SMILES string of the molecule is NCc1cc(OCc2c(Cl)cccc2Cl)ccc1Br. The van der Waals surface area contributed by atoms with Crippen LogP contribution < -0.4 is 10.5 Å². The highest BCUT2D eigenvalue weighted by Crippen LogP contribution is 2.27. The predicted molar refractivity (Wildman–Crippen MR) is 82.8 cm³/mol. The van der Waals surface area contributed by atoms with Crippen LogP contribution in [-0.4, -0.2) is 0 Å². The first-order chi connectivity index (χ1) is 9.11. The molecule has 2 N–H and O–H groups in total. The van der Waals surface area contributed by atoms with Crippen molar-refractivity contribution < 1.29 is 4.74 Å². The second-order valence-corrected chi connectivity index (χ2v) is 5.61. The molecule has 0 aliphatic carbocycles. The van der Waals surface area contributed by atoms with Crippen LogP contribution in [0.15, 0.2) is 40.9 Å². The maximum Gasteiger partial charge on any atom is 0.120 e. The van der Waals surface area contributed by atoms with Gasteiger partial charge in [0.1, 0.15) is 12.4 Å². The lowest BCUT2D eigenvalue weighted by atomic mass is 10.2. The molecule has 0 saturated heterocycles. The average Bonchev–Trinajstić information content (AvgIpc) is 2.40. The van der Waals surface area contributed by atoms with E-state index in [-0.39, 0.29) is 0 Å². The highest BCUT2D eigenvalue weighted by Gasteiger charge is 2.07. The van der Waals surface area contributed by atoms with Gasteiger partial charge in [0.05, 0.1) is 0 Å². The molecule has 0 spiro atoms. The van der Waals surface area contributed by atoms with Crippen molar-refractivity contribution in [3.8, 4) is 5.75 Å². The Morgan fingerprint density at radius 3 is 2.42 bits per heavy atom. The predicted octanol–water partition coefficient (Wildman–Crippen LogP) is 4.79. The summed E-state index contributed by atoms with van der Waals surface area (Å²) in [6.45, 7) is 0.773. The second-order valence-electron chi connectivity index (χ2n) is 3.95. The number of ether oxygens (including phenoxy) is 1. The first kappa shape index (κ1) is 14.7. The fourth-order valence-electron chi connectivity index (χ4n) is 1.62. The van der Waals surface area contributed by atoms with Crippen LogP contribution in [0.25, 0.3) is 0 Å². The van der Waals surface area contributed by atoms with Crippen LogP contribution >= 0.6 is 39.1 Å². The smallest absolute Gasteiger partial charge is 0.120 e. The van der Waals surface area contributed by atoms with E-state index in [0.29, 0.717) is 23.2 Å². The molecule has 0 aromatic heterocycles. The third-order valence-electron chi connectivity index (χ3n) is 2.68. The van der Waals surface area contributed by atoms with Gasteiger partial charge in [-0.2, -0.15) is 0 Å². The lowest BCUT2D eigenvalue weighted by molar-refractivity contribution is 0.306. The summed E-state index contributed by atoms with van der Waals surface area (Å²) >= 11 is 15.6. The molecule has 0 aliphatic heterocycles. The summed E-state index contributed by atoms with van der Waals surface area (Å²) in [5, 5.41) is 1.20. The largest absolute Gasteiger partial charge is 0.489 e. The summed E-state index contributed by atoms with van der Waals surface area (Å²) in [7, 11) is 0. The Morgan fingerprint density at radius 1 is 1.11 bits per heavy atom. The van der Waals surface area contributed by atoms with E-state index in [0.717, 1.165) is 21.3 Å². The summed E-state index contributed by atoms with van der Waals surface area (Å²) in [6.07, 6.45) is 0. The summed E-state index contributed by atoms with van der Waals surface area (Å²) in [5.41, 5.74) is 7.42. The average molecular weight is 361 g/mol. The Hall–Kier alpha value is -0.740. The fraction of sp³-hybridized carbons (Fsp3) is 0.143. The number of halogens is 3. The summed E-state index contributed by atoms with van der Waals surface area (Å²) in [4.78, 5) is 0. The van der Waals surface area contributed by atoms with E-state index in [1.54, 1.807) is 18.2 Å². The van der Waals surface area contributed by atoms with Crippen LogP contribution in [0.1, 0.15) is 11.1 Å². The molecule has 2 rings (SSSR count). The van der Waals surface area contributed by atoms with Gasteiger partial charge in [-0.15, -0.1) is 0 Å². The third kappa shape index (κ3) is 3.63. The van der Waals surface area contributed by atoms with Crippen LogP contribution in [0, 0.1) is 0 Å². The van der Waals surface area contributed by atoms with Crippen molar-refractivity contribution in [1.82, 2.24) is 0 Å². The lowest BCUT2D eigenvalue weighted by Crippen LogP contribution is -2.00. The van der Waals surface area contributed by atoms with Crippen molar-refractivity contribution in [2.75, 3.05) is 0 Å². The number of hydrogen-bond donors (Lipinski definition) is 1. The number of benzene rings is 2. The second kappa shape index (κ2) is 6.62. The molecule has 100 valence electrons. The van der Waals surface area contributed by atoms with Crippen molar-refractivity contribution in [1.29, 1.82) is 0 Å². The van der Waals surface area contributed by atoms with E-state index in [4.69, 9.17) is 33.7 Å². The summed E-state index contributed by atoms with van der Waals surface area (Å²) in [5.74, 6) is 0.736. The molecule has 0 radical (unpaired) electrons. The number of rotatable bonds is 4. The molecule has 5 heteroatoms. The molecular weight excluding hydrogens is 349 g/mol. The molecule has 0 heterocycles. The molecule has 0 unspecified atom stereocenters. The number of hydrogen-bond acceptors (Lipinski definition) is 2. The molecule has 2 aromatic carbocycles. The lowest BCUT2D eigenvalue weighted by Gasteiger charge is -2.11. The highest BCUT2D eigenvalue weighted by molar-refractivity contribution is 9.10. The van der Waals surface area contributed by atoms with Crippen LogP contribution in [-0.2, 0) is 13.2 Å². The van der Waals surface area contributed by atoms with Gasteiger partial charge in [-0.25, -0.2) is 0 Å². The fourth-order valence-corrected chi connectivity index (χ4v) is 2.54. The standard InChI is InChI=1S/C14H12BrCl2NO/c15-12-5-4-10(6-9(12)7-18)19-8-11-13(16)2-1-3-14(11)17/h1-6H,7-8,18H2. The van der Waals surface area contributed by atoms with E-state index in [1.165, 1.54) is 0 Å². The Bertz CT molecular complexity index is 569. The maximum atomic E-state index is 6.09. The van der Waals surface area contributed by atoms with Gasteiger partial charge in [-0.05, 0) is 35.9 Å². The van der Waals surface area contributed by atoms with E-state index in [2.05, 4.69) is 15.9 Å². The van der Waals surface area contributed by atoms with E-state index in [1.807, 2.05) is 18.2 Å². The molecule has 0 atom stereocenters. The molecule has 2 nitrogen and oxygen atoms in total. The first-order valence-corrected chi connectivity index (χ1v) is 7.21. The zero-order valence-corrected chi connectivity index (χ0v) is 13.1. The van der Waals surface area contributed by atoms with Crippen LogP contribution in [0.4, 0.5) is 0 Å². The van der Waals surface area contributed by atoms with Crippen molar-refractivity contribution in [3.63, 3.8) is 0 Å². The van der Waals surface area contributed by atoms with Crippen LogP contribution in [0.5, 0.6) is 5.75 Å². The van der Waals surface area contributed by atoms with Gasteiger partial charge in [0, 0.05) is 26.6 Å². The number of nitrogens with two attached hydrogens (primary N) is 1. The topological polar surface area (TPSA) is 35.2 Å². The van der Waals surface area contributed by atoms with E-state index in [9.17, 15) is 0 Å². The molecule has 0 fully saturated rings. The quantitative estimate of drug-likeness (QED) is 0.850. The van der Waals surface area contributed by atoms with Gasteiger partial charge in [0.25, 0.3) is 0 Å². The van der Waals surface area contributed by atoms with Crippen LogP contribution in [0.3, 0.4) is 0 Å². The molecule has 19 heavy (non-hydrogen) atoms. The van der Waals surface area contributed by atoms with Crippen molar-refractivity contribution in [2.45, 2.75) is 13.2 Å². The molecular formula is C14H12BrCl2NO. The summed E-state index contributed by atoms with van der Waals surface area (Å²) in [6, 6.07) is 11.1. The molecule has 0 saturated carbocycles. The maximum absolute atomic E-state index is 6.09. The van der Waals surface area contributed by atoms with Gasteiger partial charge in [-0.1, -0.05) is 45.2 Å². The first-order valence-electron chi connectivity index (χ1n) is 5.66. The van der Waals surface area contributed by atoms with Gasteiger partial charge in [0.2, 0.25) is 0 Å². The zero-order valence-electron chi connectivity index (χ0n) is 10.00. The van der Waals surface area contributed by atoms with Crippen molar-refractivity contribution in [2.24, 2.45) is 5.73 Å². The molecule has 0 aliphatic rings. The zero-order chi connectivity index (χ0) is 13.8.